The van der Waals surface area contributed by atoms with E-state index in [1.54, 1.807) is 0 Å². The standard InChI is InChI=1S/C16H24N2O/c1-2-10-19-15-5-3-4-14(16(15)17)18(13-8-9-13)11-12-6-7-12/h3-5,12-13H,2,6-11,17H2,1H3. The molecule has 0 saturated heterocycles. The van der Waals surface area contributed by atoms with Gasteiger partial charge in [-0.05, 0) is 50.2 Å². The number of nitrogen functional groups attached to an aromatic ring is 1. The summed E-state index contributed by atoms with van der Waals surface area (Å²) in [7, 11) is 0. The van der Waals surface area contributed by atoms with E-state index in [0.717, 1.165) is 30.4 Å². The first-order chi connectivity index (χ1) is 9.29. The van der Waals surface area contributed by atoms with Gasteiger partial charge in [-0.25, -0.2) is 0 Å². The van der Waals surface area contributed by atoms with Gasteiger partial charge in [-0.15, -0.1) is 0 Å². The number of benzene rings is 1. The fraction of sp³-hybridized carbons (Fsp3) is 0.625. The minimum Gasteiger partial charge on any atom is -0.491 e. The lowest BCUT2D eigenvalue weighted by Gasteiger charge is -2.27. The molecule has 3 rings (SSSR count). The molecule has 3 heteroatoms. The Balaban J connectivity index is 1.80. The lowest BCUT2D eigenvalue weighted by molar-refractivity contribution is 0.319. The summed E-state index contributed by atoms with van der Waals surface area (Å²) >= 11 is 0. The number of anilines is 2. The van der Waals surface area contributed by atoms with E-state index in [1.165, 1.54) is 37.9 Å². The van der Waals surface area contributed by atoms with Crippen molar-refractivity contribution in [3.8, 4) is 5.75 Å². The van der Waals surface area contributed by atoms with Crippen LogP contribution in [0.25, 0.3) is 0 Å². The summed E-state index contributed by atoms with van der Waals surface area (Å²) in [6.07, 6.45) is 6.40. The Hall–Kier alpha value is -1.38. The molecule has 2 aliphatic rings. The van der Waals surface area contributed by atoms with Crippen LogP contribution in [-0.4, -0.2) is 19.2 Å². The third-order valence-electron chi connectivity index (χ3n) is 3.95. The van der Waals surface area contributed by atoms with Gasteiger partial charge in [0.2, 0.25) is 0 Å². The lowest BCUT2D eigenvalue weighted by Crippen LogP contribution is -2.28. The first-order valence-electron chi connectivity index (χ1n) is 7.57. The molecule has 0 radical (unpaired) electrons. The second kappa shape index (κ2) is 5.32. The summed E-state index contributed by atoms with van der Waals surface area (Å²) < 4.78 is 5.75. The van der Waals surface area contributed by atoms with Crippen LogP contribution in [0.15, 0.2) is 18.2 Å². The van der Waals surface area contributed by atoms with Crippen LogP contribution in [0.3, 0.4) is 0 Å². The zero-order chi connectivity index (χ0) is 13.2. The van der Waals surface area contributed by atoms with Crippen LogP contribution in [0.4, 0.5) is 11.4 Å². The molecule has 0 amide bonds. The Labute approximate surface area is 115 Å². The van der Waals surface area contributed by atoms with Crippen molar-refractivity contribution in [3.05, 3.63) is 18.2 Å². The Morgan fingerprint density at radius 1 is 1.26 bits per heavy atom. The fourth-order valence-electron chi connectivity index (χ4n) is 2.53. The summed E-state index contributed by atoms with van der Waals surface area (Å²) in [5.74, 6) is 1.74. The van der Waals surface area contributed by atoms with Gasteiger partial charge >= 0.3 is 0 Å². The maximum atomic E-state index is 6.32. The van der Waals surface area contributed by atoms with Crippen molar-refractivity contribution >= 4 is 11.4 Å². The van der Waals surface area contributed by atoms with Crippen molar-refractivity contribution < 1.29 is 4.74 Å². The minimum atomic E-state index is 0.712. The molecule has 0 atom stereocenters. The monoisotopic (exact) mass is 260 g/mol. The molecule has 0 bridgehead atoms. The number of nitrogens with two attached hydrogens (primary N) is 1. The highest BCUT2D eigenvalue weighted by atomic mass is 16.5. The van der Waals surface area contributed by atoms with E-state index in [-0.39, 0.29) is 0 Å². The smallest absolute Gasteiger partial charge is 0.144 e. The summed E-state index contributed by atoms with van der Waals surface area (Å²) in [5.41, 5.74) is 8.33. The highest BCUT2D eigenvalue weighted by Gasteiger charge is 2.34. The maximum absolute atomic E-state index is 6.32. The number of hydrogen-bond donors (Lipinski definition) is 1. The molecule has 1 aromatic rings. The van der Waals surface area contributed by atoms with E-state index in [2.05, 4.69) is 24.0 Å². The normalized spacial score (nSPS) is 18.4. The van der Waals surface area contributed by atoms with Gasteiger partial charge in [0, 0.05) is 12.6 Å². The van der Waals surface area contributed by atoms with Crippen molar-refractivity contribution in [2.75, 3.05) is 23.8 Å². The predicted molar refractivity (Wildman–Crippen MR) is 79.7 cm³/mol. The summed E-state index contributed by atoms with van der Waals surface area (Å²) in [6, 6.07) is 6.91. The van der Waals surface area contributed by atoms with Gasteiger partial charge in [0.05, 0.1) is 18.0 Å². The molecule has 0 aliphatic heterocycles. The van der Waals surface area contributed by atoms with Crippen LogP contribution in [-0.2, 0) is 0 Å². The fourth-order valence-corrected chi connectivity index (χ4v) is 2.53. The van der Waals surface area contributed by atoms with Crippen LogP contribution < -0.4 is 15.4 Å². The Morgan fingerprint density at radius 3 is 2.68 bits per heavy atom. The molecule has 1 aromatic carbocycles. The van der Waals surface area contributed by atoms with E-state index in [9.17, 15) is 0 Å². The average molecular weight is 260 g/mol. The van der Waals surface area contributed by atoms with Crippen molar-refractivity contribution in [1.29, 1.82) is 0 Å². The van der Waals surface area contributed by atoms with Gasteiger partial charge in [0.1, 0.15) is 5.75 Å². The topological polar surface area (TPSA) is 38.5 Å². The average Bonchev–Trinajstić information content (AvgIpc) is 3.28. The van der Waals surface area contributed by atoms with Crippen LogP contribution in [0.5, 0.6) is 5.75 Å². The molecule has 104 valence electrons. The molecule has 0 aromatic heterocycles. The SMILES string of the molecule is CCCOc1cccc(N(CC2CC2)C2CC2)c1N. The predicted octanol–water partition coefficient (Wildman–Crippen LogP) is 3.44. The highest BCUT2D eigenvalue weighted by molar-refractivity contribution is 5.74. The van der Waals surface area contributed by atoms with E-state index in [0.29, 0.717) is 6.04 Å². The molecule has 2 saturated carbocycles. The second-order valence-electron chi connectivity index (χ2n) is 5.86. The summed E-state index contributed by atoms with van der Waals surface area (Å²) in [6.45, 7) is 4.02. The van der Waals surface area contributed by atoms with E-state index < -0.39 is 0 Å². The van der Waals surface area contributed by atoms with Gasteiger partial charge in [-0.2, -0.15) is 0 Å². The van der Waals surface area contributed by atoms with E-state index in [4.69, 9.17) is 10.5 Å². The molecule has 19 heavy (non-hydrogen) atoms. The quantitative estimate of drug-likeness (QED) is 0.763. The lowest BCUT2D eigenvalue weighted by atomic mass is 10.2. The largest absolute Gasteiger partial charge is 0.491 e. The number of para-hydroxylation sites is 1. The molecule has 0 unspecified atom stereocenters. The maximum Gasteiger partial charge on any atom is 0.144 e. The molecule has 2 N–H and O–H groups in total. The summed E-state index contributed by atoms with van der Waals surface area (Å²) in [5, 5.41) is 0. The second-order valence-corrected chi connectivity index (χ2v) is 5.86. The van der Waals surface area contributed by atoms with Gasteiger partial charge in [-0.3, -0.25) is 0 Å². The zero-order valence-corrected chi connectivity index (χ0v) is 11.8. The Kier molecular flexibility index (Phi) is 3.54. The third-order valence-corrected chi connectivity index (χ3v) is 3.95. The molecule has 2 fully saturated rings. The number of nitrogens with zero attached hydrogens (tertiary/aromatic N) is 1. The molecule has 2 aliphatic carbocycles. The molecule has 3 nitrogen and oxygen atoms in total. The zero-order valence-electron chi connectivity index (χ0n) is 11.8. The van der Waals surface area contributed by atoms with Gasteiger partial charge in [0.15, 0.2) is 0 Å². The van der Waals surface area contributed by atoms with Gasteiger partial charge in [0.25, 0.3) is 0 Å². The number of rotatable bonds is 7. The van der Waals surface area contributed by atoms with Crippen LogP contribution in [0.1, 0.15) is 39.0 Å². The number of ether oxygens (including phenoxy) is 1. The van der Waals surface area contributed by atoms with Crippen molar-refractivity contribution in [2.45, 2.75) is 45.1 Å². The summed E-state index contributed by atoms with van der Waals surface area (Å²) in [4.78, 5) is 2.52. The number of hydrogen-bond acceptors (Lipinski definition) is 3. The Bertz CT molecular complexity index is 438. The third kappa shape index (κ3) is 2.96. The van der Waals surface area contributed by atoms with Crippen molar-refractivity contribution in [3.63, 3.8) is 0 Å². The van der Waals surface area contributed by atoms with Crippen LogP contribution >= 0.6 is 0 Å². The first kappa shape index (κ1) is 12.6. The highest BCUT2D eigenvalue weighted by Crippen LogP contribution is 2.41. The van der Waals surface area contributed by atoms with E-state index in [1.807, 2.05) is 6.07 Å². The molecular weight excluding hydrogens is 236 g/mol. The molecule has 0 spiro atoms. The van der Waals surface area contributed by atoms with Gasteiger partial charge < -0.3 is 15.4 Å². The van der Waals surface area contributed by atoms with Crippen molar-refractivity contribution in [1.82, 2.24) is 0 Å². The van der Waals surface area contributed by atoms with Gasteiger partial charge in [-0.1, -0.05) is 13.0 Å². The first-order valence-corrected chi connectivity index (χ1v) is 7.57. The van der Waals surface area contributed by atoms with Crippen molar-refractivity contribution in [2.24, 2.45) is 5.92 Å². The van der Waals surface area contributed by atoms with Crippen LogP contribution in [0, 0.1) is 5.92 Å². The molecule has 0 heterocycles. The molecular formula is C16H24N2O. The minimum absolute atomic E-state index is 0.712. The Morgan fingerprint density at radius 2 is 2.05 bits per heavy atom. The van der Waals surface area contributed by atoms with E-state index >= 15 is 0 Å². The van der Waals surface area contributed by atoms with Crippen LogP contribution in [0.2, 0.25) is 0 Å².